The Hall–Kier alpha value is -2.43. The second-order valence-electron chi connectivity index (χ2n) is 5.40. The van der Waals surface area contributed by atoms with Crippen LogP contribution in [0, 0.1) is 0 Å². The van der Waals surface area contributed by atoms with E-state index in [1.54, 1.807) is 6.07 Å². The molecule has 2 rings (SSSR count). The van der Waals surface area contributed by atoms with Gasteiger partial charge in [0, 0.05) is 5.56 Å². The maximum Gasteiger partial charge on any atom is 0.341 e. The molecular weight excluding hydrogens is 256 g/mol. The second-order valence-corrected chi connectivity index (χ2v) is 5.40. The molecule has 0 saturated carbocycles. The van der Waals surface area contributed by atoms with Gasteiger partial charge in [0.25, 0.3) is 5.88 Å². The van der Waals surface area contributed by atoms with Crippen LogP contribution in [0.2, 0.25) is 0 Å². The van der Waals surface area contributed by atoms with Crippen LogP contribution in [0.4, 0.5) is 0 Å². The van der Waals surface area contributed by atoms with E-state index in [0.717, 1.165) is 5.56 Å². The van der Waals surface area contributed by atoms with Crippen molar-refractivity contribution in [3.8, 4) is 11.6 Å². The van der Waals surface area contributed by atoms with E-state index in [-0.39, 0.29) is 16.9 Å². The van der Waals surface area contributed by atoms with Crippen LogP contribution in [-0.2, 0) is 5.41 Å². The summed E-state index contributed by atoms with van der Waals surface area (Å²) in [4.78, 5) is 11.1. The summed E-state index contributed by atoms with van der Waals surface area (Å²) in [5, 5.41) is 16.6. The molecule has 0 aliphatic rings. The quantitative estimate of drug-likeness (QED) is 0.928. The average Bonchev–Trinajstić information content (AvgIpc) is 2.38. The minimum Gasteiger partial charge on any atom is -0.477 e. The lowest BCUT2D eigenvalue weighted by atomic mass is 9.86. The number of carbonyl (C=O) groups is 1. The van der Waals surface area contributed by atoms with Gasteiger partial charge < -0.3 is 9.84 Å². The van der Waals surface area contributed by atoms with Gasteiger partial charge in [0.15, 0.2) is 0 Å². The summed E-state index contributed by atoms with van der Waals surface area (Å²) in [7, 11) is 0. The Kier molecular flexibility index (Phi) is 3.70. The SMILES string of the molecule is CC(C)(C)c1ccccc1Oc1nnccc1C(=O)O. The topological polar surface area (TPSA) is 72.3 Å². The van der Waals surface area contributed by atoms with Crippen LogP contribution >= 0.6 is 0 Å². The zero-order valence-electron chi connectivity index (χ0n) is 11.6. The highest BCUT2D eigenvalue weighted by Crippen LogP contribution is 2.33. The zero-order valence-corrected chi connectivity index (χ0v) is 11.6. The minimum atomic E-state index is -1.09. The molecule has 0 amide bonds. The minimum absolute atomic E-state index is 0.00306. The van der Waals surface area contributed by atoms with Gasteiger partial charge in [-0.25, -0.2) is 4.79 Å². The first kappa shape index (κ1) is 14.0. The van der Waals surface area contributed by atoms with E-state index in [2.05, 4.69) is 31.0 Å². The maximum atomic E-state index is 11.1. The third-order valence-corrected chi connectivity index (χ3v) is 2.82. The summed E-state index contributed by atoms with van der Waals surface area (Å²) < 4.78 is 5.67. The van der Waals surface area contributed by atoms with E-state index in [1.165, 1.54) is 12.3 Å². The Morgan fingerprint density at radius 1 is 1.20 bits per heavy atom. The molecule has 20 heavy (non-hydrogen) atoms. The van der Waals surface area contributed by atoms with Crippen LogP contribution in [0.5, 0.6) is 11.6 Å². The smallest absolute Gasteiger partial charge is 0.341 e. The fourth-order valence-corrected chi connectivity index (χ4v) is 1.84. The molecule has 5 nitrogen and oxygen atoms in total. The molecule has 0 spiro atoms. The van der Waals surface area contributed by atoms with E-state index in [9.17, 15) is 4.79 Å². The van der Waals surface area contributed by atoms with Crippen molar-refractivity contribution in [3.63, 3.8) is 0 Å². The van der Waals surface area contributed by atoms with Crippen molar-refractivity contribution >= 4 is 5.97 Å². The van der Waals surface area contributed by atoms with Gasteiger partial charge in [-0.15, -0.1) is 5.10 Å². The number of aromatic nitrogens is 2. The van der Waals surface area contributed by atoms with Gasteiger partial charge >= 0.3 is 5.97 Å². The number of hydrogen-bond acceptors (Lipinski definition) is 4. The largest absolute Gasteiger partial charge is 0.477 e. The van der Waals surface area contributed by atoms with Crippen molar-refractivity contribution in [2.24, 2.45) is 0 Å². The standard InChI is InChI=1S/C15H16N2O3/c1-15(2,3)11-6-4-5-7-12(11)20-13-10(14(18)19)8-9-16-17-13/h4-9H,1-3H3,(H,18,19). The Morgan fingerprint density at radius 2 is 1.90 bits per heavy atom. The number of nitrogens with zero attached hydrogens (tertiary/aromatic N) is 2. The highest BCUT2D eigenvalue weighted by atomic mass is 16.5. The normalized spacial score (nSPS) is 11.2. The molecule has 0 aliphatic carbocycles. The summed E-state index contributed by atoms with van der Waals surface area (Å²) in [5.41, 5.74) is 0.841. The molecule has 5 heteroatoms. The number of carboxylic acid groups (broad SMARTS) is 1. The predicted molar refractivity (Wildman–Crippen MR) is 74.2 cm³/mol. The molecule has 0 atom stereocenters. The molecule has 0 radical (unpaired) electrons. The molecule has 1 heterocycles. The summed E-state index contributed by atoms with van der Waals surface area (Å²) >= 11 is 0. The average molecular weight is 272 g/mol. The fourth-order valence-electron chi connectivity index (χ4n) is 1.84. The predicted octanol–water partition coefficient (Wildman–Crippen LogP) is 3.26. The van der Waals surface area contributed by atoms with Crippen molar-refractivity contribution in [3.05, 3.63) is 47.7 Å². The van der Waals surface area contributed by atoms with Crippen molar-refractivity contribution < 1.29 is 14.6 Å². The lowest BCUT2D eigenvalue weighted by Crippen LogP contribution is -2.13. The Bertz CT molecular complexity index is 633. The van der Waals surface area contributed by atoms with Gasteiger partial charge in [-0.1, -0.05) is 39.0 Å². The van der Waals surface area contributed by atoms with Crippen molar-refractivity contribution in [1.29, 1.82) is 0 Å². The molecule has 1 N–H and O–H groups in total. The number of aromatic carboxylic acids is 1. The Morgan fingerprint density at radius 3 is 2.55 bits per heavy atom. The molecule has 0 saturated heterocycles. The second kappa shape index (κ2) is 5.28. The van der Waals surface area contributed by atoms with Gasteiger partial charge in [-0.3, -0.25) is 0 Å². The van der Waals surface area contributed by atoms with E-state index >= 15 is 0 Å². The molecule has 104 valence electrons. The van der Waals surface area contributed by atoms with Crippen molar-refractivity contribution in [2.75, 3.05) is 0 Å². The monoisotopic (exact) mass is 272 g/mol. The highest BCUT2D eigenvalue weighted by Gasteiger charge is 2.21. The first-order chi connectivity index (χ1) is 9.39. The van der Waals surface area contributed by atoms with Crippen LogP contribution in [0.3, 0.4) is 0 Å². The first-order valence-corrected chi connectivity index (χ1v) is 6.22. The Balaban J connectivity index is 2.44. The molecule has 1 aromatic carbocycles. The van der Waals surface area contributed by atoms with Gasteiger partial charge in [-0.2, -0.15) is 5.10 Å². The van der Waals surface area contributed by atoms with E-state index in [4.69, 9.17) is 9.84 Å². The molecule has 2 aromatic rings. The zero-order chi connectivity index (χ0) is 14.8. The molecule has 1 aromatic heterocycles. The molecular formula is C15H16N2O3. The van der Waals surface area contributed by atoms with Crippen LogP contribution < -0.4 is 4.74 Å². The van der Waals surface area contributed by atoms with Gasteiger partial charge in [-0.05, 0) is 17.5 Å². The molecule has 0 unspecified atom stereocenters. The number of para-hydroxylation sites is 1. The maximum absolute atomic E-state index is 11.1. The van der Waals surface area contributed by atoms with E-state index in [0.29, 0.717) is 5.75 Å². The Labute approximate surface area is 117 Å². The lowest BCUT2D eigenvalue weighted by molar-refractivity contribution is 0.0693. The van der Waals surface area contributed by atoms with Crippen LogP contribution in [-0.4, -0.2) is 21.3 Å². The summed E-state index contributed by atoms with van der Waals surface area (Å²) in [6.45, 7) is 6.18. The van der Waals surface area contributed by atoms with Crippen LogP contribution in [0.15, 0.2) is 36.5 Å². The third-order valence-electron chi connectivity index (χ3n) is 2.82. The van der Waals surface area contributed by atoms with Crippen molar-refractivity contribution in [2.45, 2.75) is 26.2 Å². The lowest BCUT2D eigenvalue weighted by Gasteiger charge is -2.22. The van der Waals surface area contributed by atoms with Gasteiger partial charge in [0.2, 0.25) is 0 Å². The van der Waals surface area contributed by atoms with E-state index < -0.39 is 5.97 Å². The summed E-state index contributed by atoms with van der Waals surface area (Å²) in [5.74, 6) is -0.511. The third kappa shape index (κ3) is 2.93. The number of rotatable bonds is 3. The number of ether oxygens (including phenoxy) is 1. The molecule has 0 fully saturated rings. The molecule has 0 aliphatic heterocycles. The number of benzene rings is 1. The number of hydrogen-bond donors (Lipinski definition) is 1. The highest BCUT2D eigenvalue weighted by molar-refractivity contribution is 5.90. The summed E-state index contributed by atoms with van der Waals surface area (Å²) in [6.07, 6.45) is 1.33. The molecule has 0 bridgehead atoms. The van der Waals surface area contributed by atoms with Crippen molar-refractivity contribution in [1.82, 2.24) is 10.2 Å². The van der Waals surface area contributed by atoms with Crippen LogP contribution in [0.25, 0.3) is 0 Å². The van der Waals surface area contributed by atoms with E-state index in [1.807, 2.05) is 18.2 Å². The van der Waals surface area contributed by atoms with Crippen LogP contribution in [0.1, 0.15) is 36.7 Å². The van der Waals surface area contributed by atoms with Gasteiger partial charge in [0.05, 0.1) is 6.20 Å². The summed E-state index contributed by atoms with van der Waals surface area (Å²) in [6, 6.07) is 8.86. The number of carboxylic acids is 1. The fraction of sp³-hybridized carbons (Fsp3) is 0.267. The van der Waals surface area contributed by atoms with Gasteiger partial charge in [0.1, 0.15) is 11.3 Å². The first-order valence-electron chi connectivity index (χ1n) is 6.22.